The molecular weight excluding hydrogens is 436 g/mol. The van der Waals surface area contributed by atoms with Gasteiger partial charge in [-0.05, 0) is 69.9 Å². The van der Waals surface area contributed by atoms with Gasteiger partial charge in [0.05, 0.1) is 14.4 Å². The molecule has 0 aliphatic heterocycles. The molecule has 2 rings (SSSR count). The highest BCUT2D eigenvalue weighted by Gasteiger charge is 2.27. The number of carbonyl (C=O) groups is 1. The Labute approximate surface area is 180 Å². The molecule has 0 unspecified atom stereocenters. The van der Waals surface area contributed by atoms with Crippen LogP contribution in [0.4, 0.5) is 0 Å². The van der Waals surface area contributed by atoms with Gasteiger partial charge in [0.15, 0.2) is 6.61 Å². The van der Waals surface area contributed by atoms with Crippen molar-refractivity contribution in [2.45, 2.75) is 53.4 Å². The molecule has 0 spiro atoms. The van der Waals surface area contributed by atoms with Crippen molar-refractivity contribution >= 4 is 38.9 Å². The molecule has 6 heteroatoms. The molecule has 152 valence electrons. The zero-order valence-corrected chi connectivity index (χ0v) is 19.8. The second-order valence-electron chi connectivity index (χ2n) is 8.77. The van der Waals surface area contributed by atoms with Crippen molar-refractivity contribution < 1.29 is 9.53 Å². The first-order valence-electron chi connectivity index (χ1n) is 9.28. The Morgan fingerprint density at radius 2 is 1.75 bits per heavy atom. The lowest BCUT2D eigenvalue weighted by Crippen LogP contribution is -2.26. The zero-order valence-electron chi connectivity index (χ0n) is 17.4. The molecule has 1 aromatic heterocycles. The van der Waals surface area contributed by atoms with E-state index in [1.54, 1.807) is 11.3 Å². The van der Waals surface area contributed by atoms with Gasteiger partial charge in [-0.1, -0.05) is 46.8 Å². The third-order valence-electron chi connectivity index (χ3n) is 4.26. The Balaban J connectivity index is 1.88. The lowest BCUT2D eigenvalue weighted by atomic mass is 9.72. The number of thiophene rings is 1. The van der Waals surface area contributed by atoms with E-state index >= 15 is 0 Å². The summed E-state index contributed by atoms with van der Waals surface area (Å²) < 4.78 is 6.62. The predicted octanol–water partition coefficient (Wildman–Crippen LogP) is 6.14. The molecule has 1 N–H and O–H groups in total. The number of ether oxygens (including phenoxy) is 1. The van der Waals surface area contributed by atoms with E-state index in [9.17, 15) is 4.79 Å². The molecule has 0 saturated heterocycles. The quantitative estimate of drug-likeness (QED) is 0.394. The SMILES string of the molecule is C/C(=N/NC(=O)COc1ccc(C(C)(C)CC(C)(C)C)cc1)c1ccc(Br)s1. The second kappa shape index (κ2) is 9.23. The van der Waals surface area contributed by atoms with Crippen LogP contribution in [0.5, 0.6) is 5.75 Å². The van der Waals surface area contributed by atoms with E-state index in [2.05, 4.69) is 73.2 Å². The summed E-state index contributed by atoms with van der Waals surface area (Å²) >= 11 is 4.99. The summed E-state index contributed by atoms with van der Waals surface area (Å²) in [4.78, 5) is 13.0. The minimum atomic E-state index is -0.285. The summed E-state index contributed by atoms with van der Waals surface area (Å²) in [7, 11) is 0. The maximum atomic E-state index is 12.0. The first-order chi connectivity index (χ1) is 13.0. The Hall–Kier alpha value is -1.66. The second-order valence-corrected chi connectivity index (χ2v) is 11.2. The minimum Gasteiger partial charge on any atom is -0.484 e. The Morgan fingerprint density at radius 1 is 1.11 bits per heavy atom. The van der Waals surface area contributed by atoms with Crippen molar-refractivity contribution in [2.24, 2.45) is 10.5 Å². The highest BCUT2D eigenvalue weighted by Crippen LogP contribution is 2.36. The number of nitrogens with one attached hydrogen (secondary N) is 1. The van der Waals surface area contributed by atoms with Gasteiger partial charge in [-0.25, -0.2) is 5.43 Å². The highest BCUT2D eigenvalue weighted by atomic mass is 79.9. The van der Waals surface area contributed by atoms with Crippen molar-refractivity contribution in [2.75, 3.05) is 6.61 Å². The van der Waals surface area contributed by atoms with Crippen LogP contribution >= 0.6 is 27.3 Å². The standard InChI is InChI=1S/C22H29BrN2O2S/c1-15(18-11-12-19(23)28-18)24-25-20(26)13-27-17-9-7-16(8-10-17)22(5,6)14-21(2,3)4/h7-12H,13-14H2,1-6H3,(H,25,26)/b24-15-. The number of carbonyl (C=O) groups excluding carboxylic acids is 1. The summed E-state index contributed by atoms with van der Waals surface area (Å²) in [5.74, 6) is 0.389. The predicted molar refractivity (Wildman–Crippen MR) is 121 cm³/mol. The van der Waals surface area contributed by atoms with Gasteiger partial charge >= 0.3 is 0 Å². The Bertz CT molecular complexity index is 833. The summed E-state index contributed by atoms with van der Waals surface area (Å²) in [6.45, 7) is 13.1. The lowest BCUT2D eigenvalue weighted by molar-refractivity contribution is -0.123. The molecule has 0 radical (unpaired) electrons. The van der Waals surface area contributed by atoms with Crippen molar-refractivity contribution in [1.29, 1.82) is 0 Å². The average Bonchev–Trinajstić information content (AvgIpc) is 3.02. The number of nitrogens with zero attached hydrogens (tertiary/aromatic N) is 1. The lowest BCUT2D eigenvalue weighted by Gasteiger charge is -2.33. The van der Waals surface area contributed by atoms with E-state index in [-0.39, 0.29) is 23.3 Å². The van der Waals surface area contributed by atoms with Gasteiger partial charge in [-0.2, -0.15) is 5.10 Å². The van der Waals surface area contributed by atoms with Crippen molar-refractivity contribution in [1.82, 2.24) is 5.43 Å². The van der Waals surface area contributed by atoms with Crippen LogP contribution < -0.4 is 10.2 Å². The van der Waals surface area contributed by atoms with Crippen LogP contribution in [0.25, 0.3) is 0 Å². The van der Waals surface area contributed by atoms with Crippen LogP contribution in [0, 0.1) is 5.41 Å². The van der Waals surface area contributed by atoms with Crippen LogP contribution in [0.1, 0.15) is 58.4 Å². The topological polar surface area (TPSA) is 50.7 Å². The smallest absolute Gasteiger partial charge is 0.277 e. The molecule has 28 heavy (non-hydrogen) atoms. The van der Waals surface area contributed by atoms with Gasteiger partial charge in [0, 0.05) is 0 Å². The molecule has 0 atom stereocenters. The monoisotopic (exact) mass is 464 g/mol. The van der Waals surface area contributed by atoms with Gasteiger partial charge in [0.25, 0.3) is 5.91 Å². The number of hydrogen-bond acceptors (Lipinski definition) is 4. The van der Waals surface area contributed by atoms with Crippen molar-refractivity contribution in [3.8, 4) is 5.75 Å². The maximum absolute atomic E-state index is 12.0. The van der Waals surface area contributed by atoms with Crippen LogP contribution in [0.2, 0.25) is 0 Å². The first-order valence-corrected chi connectivity index (χ1v) is 10.9. The van der Waals surface area contributed by atoms with E-state index in [1.807, 2.05) is 31.2 Å². The van der Waals surface area contributed by atoms with E-state index in [4.69, 9.17) is 4.74 Å². The first kappa shape index (κ1) is 22.6. The fourth-order valence-electron chi connectivity index (χ4n) is 3.32. The molecule has 0 aliphatic rings. The number of rotatable bonds is 7. The van der Waals surface area contributed by atoms with Crippen LogP contribution in [0.3, 0.4) is 0 Å². The van der Waals surface area contributed by atoms with Crippen LogP contribution in [-0.2, 0) is 10.2 Å². The summed E-state index contributed by atoms with van der Waals surface area (Å²) in [6.07, 6.45) is 1.08. The average molecular weight is 465 g/mol. The van der Waals surface area contributed by atoms with E-state index in [0.717, 1.165) is 20.8 Å². The molecular formula is C22H29BrN2O2S. The highest BCUT2D eigenvalue weighted by molar-refractivity contribution is 9.11. The van der Waals surface area contributed by atoms with Crippen molar-refractivity contribution in [3.05, 3.63) is 50.6 Å². The zero-order chi connectivity index (χ0) is 20.9. The van der Waals surface area contributed by atoms with E-state index in [0.29, 0.717) is 5.75 Å². The number of benzene rings is 1. The number of hydrazone groups is 1. The van der Waals surface area contributed by atoms with Gasteiger partial charge < -0.3 is 4.74 Å². The van der Waals surface area contributed by atoms with Crippen LogP contribution in [-0.4, -0.2) is 18.2 Å². The van der Waals surface area contributed by atoms with Gasteiger partial charge in [0.1, 0.15) is 5.75 Å². The molecule has 1 heterocycles. The third-order valence-corrected chi connectivity index (χ3v) is 5.99. The molecule has 2 aromatic rings. The molecule has 0 saturated carbocycles. The largest absolute Gasteiger partial charge is 0.484 e. The number of halogens is 1. The Kier molecular flexibility index (Phi) is 7.46. The summed E-state index contributed by atoms with van der Waals surface area (Å²) in [6, 6.07) is 11.9. The van der Waals surface area contributed by atoms with Gasteiger partial charge in [-0.3, -0.25) is 4.79 Å². The fourth-order valence-corrected chi connectivity index (χ4v) is 4.65. The van der Waals surface area contributed by atoms with Gasteiger partial charge in [0.2, 0.25) is 0 Å². The number of hydrogen-bond donors (Lipinski definition) is 1. The summed E-state index contributed by atoms with van der Waals surface area (Å²) in [5.41, 5.74) is 4.90. The molecule has 4 nitrogen and oxygen atoms in total. The van der Waals surface area contributed by atoms with Gasteiger partial charge in [-0.15, -0.1) is 11.3 Å². The van der Waals surface area contributed by atoms with E-state index in [1.165, 1.54) is 5.56 Å². The molecule has 0 aliphatic carbocycles. The third kappa shape index (κ3) is 7.06. The molecule has 0 fully saturated rings. The normalized spacial score (nSPS) is 12.8. The van der Waals surface area contributed by atoms with E-state index < -0.39 is 0 Å². The minimum absolute atomic E-state index is 0.0738. The molecule has 1 aromatic carbocycles. The molecule has 1 amide bonds. The maximum Gasteiger partial charge on any atom is 0.277 e. The molecule has 0 bridgehead atoms. The summed E-state index contributed by atoms with van der Waals surface area (Å²) in [5, 5.41) is 4.13. The fraction of sp³-hybridized carbons (Fsp3) is 0.455. The Morgan fingerprint density at radius 3 is 2.29 bits per heavy atom. The number of amides is 1. The van der Waals surface area contributed by atoms with Crippen molar-refractivity contribution in [3.63, 3.8) is 0 Å². The van der Waals surface area contributed by atoms with Crippen LogP contribution in [0.15, 0.2) is 45.3 Å².